The van der Waals surface area contributed by atoms with E-state index in [0.717, 1.165) is 38.4 Å². The average Bonchev–Trinajstić information content (AvgIpc) is 2.62. The van der Waals surface area contributed by atoms with E-state index >= 15 is 0 Å². The highest BCUT2D eigenvalue weighted by molar-refractivity contribution is 6.03. The summed E-state index contributed by atoms with van der Waals surface area (Å²) in [5.41, 5.74) is -1.15. The second kappa shape index (κ2) is 7.08. The predicted molar refractivity (Wildman–Crippen MR) is 87.5 cm³/mol. The number of amides is 1. The number of alkyl halides is 3. The SMILES string of the molecule is O=C(Nc1ccccc1C(F)(F)F)c1ccnc(N2CCCCC2)n1. The molecular formula is C17H17F3N4O. The van der Waals surface area contributed by atoms with Crippen LogP contribution in [-0.4, -0.2) is 29.0 Å². The normalized spacial score (nSPS) is 15.1. The van der Waals surface area contributed by atoms with Gasteiger partial charge in [0, 0.05) is 19.3 Å². The van der Waals surface area contributed by atoms with Gasteiger partial charge in [-0.15, -0.1) is 0 Å². The number of rotatable bonds is 3. The standard InChI is InChI=1S/C17H17F3N4O/c18-17(19,20)12-6-2-3-7-13(12)22-15(25)14-8-9-21-16(23-14)24-10-4-1-5-11-24/h2-3,6-9H,1,4-5,10-11H2,(H,22,25). The van der Waals surface area contributed by atoms with Gasteiger partial charge < -0.3 is 10.2 Å². The molecule has 132 valence electrons. The molecule has 0 saturated carbocycles. The lowest BCUT2D eigenvalue weighted by Gasteiger charge is -2.26. The number of benzene rings is 1. The van der Waals surface area contributed by atoms with Crippen LogP contribution in [0.3, 0.4) is 0 Å². The molecule has 1 aromatic heterocycles. The van der Waals surface area contributed by atoms with Crippen LogP contribution < -0.4 is 10.2 Å². The predicted octanol–water partition coefficient (Wildman–Crippen LogP) is 3.74. The first-order valence-electron chi connectivity index (χ1n) is 8.01. The minimum atomic E-state index is -4.55. The van der Waals surface area contributed by atoms with Crippen LogP contribution in [0, 0.1) is 0 Å². The summed E-state index contributed by atoms with van der Waals surface area (Å²) in [7, 11) is 0. The maximum absolute atomic E-state index is 13.0. The Morgan fingerprint density at radius 1 is 1.08 bits per heavy atom. The van der Waals surface area contributed by atoms with Crippen LogP contribution >= 0.6 is 0 Å². The second-order valence-corrected chi connectivity index (χ2v) is 5.79. The molecule has 0 aliphatic carbocycles. The minimum Gasteiger partial charge on any atom is -0.341 e. The van der Waals surface area contributed by atoms with Gasteiger partial charge in [-0.1, -0.05) is 12.1 Å². The summed E-state index contributed by atoms with van der Waals surface area (Å²) in [6.07, 6.45) is 0.0956. The van der Waals surface area contributed by atoms with Crippen LogP contribution in [0.1, 0.15) is 35.3 Å². The van der Waals surface area contributed by atoms with Crippen molar-refractivity contribution in [1.29, 1.82) is 0 Å². The molecule has 0 unspecified atom stereocenters. The molecule has 1 fully saturated rings. The number of nitrogens with one attached hydrogen (secondary N) is 1. The van der Waals surface area contributed by atoms with Gasteiger partial charge in [0.25, 0.3) is 5.91 Å². The van der Waals surface area contributed by atoms with Crippen LogP contribution in [0.2, 0.25) is 0 Å². The third-order valence-electron chi connectivity index (χ3n) is 4.00. The van der Waals surface area contributed by atoms with Gasteiger partial charge in [0.1, 0.15) is 5.69 Å². The van der Waals surface area contributed by atoms with Crippen LogP contribution in [0.15, 0.2) is 36.5 Å². The highest BCUT2D eigenvalue weighted by atomic mass is 19.4. The van der Waals surface area contributed by atoms with E-state index < -0.39 is 17.6 Å². The van der Waals surface area contributed by atoms with Crippen molar-refractivity contribution in [1.82, 2.24) is 9.97 Å². The number of carbonyl (C=O) groups excluding carboxylic acids is 1. The fraction of sp³-hybridized carbons (Fsp3) is 0.353. The van der Waals surface area contributed by atoms with Gasteiger partial charge in [0.2, 0.25) is 5.95 Å². The maximum Gasteiger partial charge on any atom is 0.418 e. The minimum absolute atomic E-state index is 0.0348. The summed E-state index contributed by atoms with van der Waals surface area (Å²) >= 11 is 0. The van der Waals surface area contributed by atoms with E-state index in [1.54, 1.807) is 0 Å². The smallest absolute Gasteiger partial charge is 0.341 e. The molecule has 0 atom stereocenters. The van der Waals surface area contributed by atoms with Gasteiger partial charge in [-0.25, -0.2) is 9.97 Å². The van der Waals surface area contributed by atoms with E-state index in [4.69, 9.17) is 0 Å². The lowest BCUT2D eigenvalue weighted by molar-refractivity contribution is -0.136. The van der Waals surface area contributed by atoms with Crippen molar-refractivity contribution < 1.29 is 18.0 Å². The molecule has 1 aliphatic rings. The van der Waals surface area contributed by atoms with E-state index in [1.165, 1.54) is 30.5 Å². The average molecular weight is 350 g/mol. The van der Waals surface area contributed by atoms with Crippen LogP contribution in [0.25, 0.3) is 0 Å². The monoisotopic (exact) mass is 350 g/mol. The molecule has 0 spiro atoms. The Labute approximate surface area is 142 Å². The zero-order chi connectivity index (χ0) is 17.9. The Morgan fingerprint density at radius 2 is 1.80 bits per heavy atom. The van der Waals surface area contributed by atoms with Crippen LogP contribution in [-0.2, 0) is 6.18 Å². The van der Waals surface area contributed by atoms with Gasteiger partial charge in [0.05, 0.1) is 11.3 Å². The first kappa shape index (κ1) is 17.2. The van der Waals surface area contributed by atoms with Crippen molar-refractivity contribution in [3.05, 3.63) is 47.8 Å². The number of halogens is 3. The Bertz CT molecular complexity index is 758. The molecule has 1 aliphatic heterocycles. The third-order valence-corrected chi connectivity index (χ3v) is 4.00. The largest absolute Gasteiger partial charge is 0.418 e. The Hall–Kier alpha value is -2.64. The van der Waals surface area contributed by atoms with Gasteiger partial charge >= 0.3 is 6.18 Å². The van der Waals surface area contributed by atoms with Crippen LogP contribution in [0.4, 0.5) is 24.8 Å². The molecule has 1 aromatic carbocycles. The van der Waals surface area contributed by atoms with Crippen molar-refractivity contribution in [2.24, 2.45) is 0 Å². The topological polar surface area (TPSA) is 58.1 Å². The summed E-state index contributed by atoms with van der Waals surface area (Å²) in [5.74, 6) is -0.270. The number of piperidine rings is 1. The fourth-order valence-corrected chi connectivity index (χ4v) is 2.75. The van der Waals surface area contributed by atoms with Crippen molar-refractivity contribution >= 4 is 17.5 Å². The Kier molecular flexibility index (Phi) is 4.87. The molecule has 3 rings (SSSR count). The second-order valence-electron chi connectivity index (χ2n) is 5.79. The zero-order valence-electron chi connectivity index (χ0n) is 13.4. The van der Waals surface area contributed by atoms with Crippen LogP contribution in [0.5, 0.6) is 0 Å². The van der Waals surface area contributed by atoms with Crippen molar-refractivity contribution in [2.45, 2.75) is 25.4 Å². The highest BCUT2D eigenvalue weighted by Crippen LogP contribution is 2.34. The van der Waals surface area contributed by atoms with E-state index in [9.17, 15) is 18.0 Å². The molecular weight excluding hydrogens is 333 g/mol. The first-order valence-corrected chi connectivity index (χ1v) is 8.01. The number of hydrogen-bond acceptors (Lipinski definition) is 4. The summed E-state index contributed by atoms with van der Waals surface area (Å²) in [6, 6.07) is 6.24. The third kappa shape index (κ3) is 4.07. The zero-order valence-corrected chi connectivity index (χ0v) is 13.4. The number of hydrogen-bond donors (Lipinski definition) is 1. The summed E-state index contributed by atoms with van der Waals surface area (Å²) in [6.45, 7) is 1.62. The van der Waals surface area contributed by atoms with Gasteiger partial charge in [0.15, 0.2) is 0 Å². The molecule has 1 N–H and O–H groups in total. The highest BCUT2D eigenvalue weighted by Gasteiger charge is 2.33. The van der Waals surface area contributed by atoms with Gasteiger partial charge in [-0.05, 0) is 37.5 Å². The molecule has 1 saturated heterocycles. The van der Waals surface area contributed by atoms with Gasteiger partial charge in [-0.3, -0.25) is 4.79 Å². The first-order chi connectivity index (χ1) is 11.9. The van der Waals surface area contributed by atoms with E-state index in [1.807, 2.05) is 4.90 Å². The Balaban J connectivity index is 1.80. The summed E-state index contributed by atoms with van der Waals surface area (Å²) in [4.78, 5) is 22.7. The molecule has 2 heterocycles. The fourth-order valence-electron chi connectivity index (χ4n) is 2.75. The lowest BCUT2D eigenvalue weighted by atomic mass is 10.1. The van der Waals surface area contributed by atoms with E-state index in [0.29, 0.717) is 5.95 Å². The molecule has 1 amide bonds. The number of nitrogens with zero attached hydrogens (tertiary/aromatic N) is 3. The van der Waals surface area contributed by atoms with E-state index in [-0.39, 0.29) is 11.4 Å². The molecule has 2 aromatic rings. The number of para-hydroxylation sites is 1. The van der Waals surface area contributed by atoms with E-state index in [2.05, 4.69) is 15.3 Å². The lowest BCUT2D eigenvalue weighted by Crippen LogP contribution is -2.31. The Morgan fingerprint density at radius 3 is 2.52 bits per heavy atom. The van der Waals surface area contributed by atoms with Crippen molar-refractivity contribution in [2.75, 3.05) is 23.3 Å². The van der Waals surface area contributed by atoms with Crippen molar-refractivity contribution in [3.63, 3.8) is 0 Å². The summed E-state index contributed by atoms with van der Waals surface area (Å²) < 4.78 is 39.1. The molecule has 0 radical (unpaired) electrons. The molecule has 25 heavy (non-hydrogen) atoms. The number of aromatic nitrogens is 2. The summed E-state index contributed by atoms with van der Waals surface area (Å²) in [5, 5.41) is 2.30. The molecule has 0 bridgehead atoms. The maximum atomic E-state index is 13.0. The molecule has 5 nitrogen and oxygen atoms in total. The van der Waals surface area contributed by atoms with Crippen molar-refractivity contribution in [3.8, 4) is 0 Å². The quantitative estimate of drug-likeness (QED) is 0.916. The van der Waals surface area contributed by atoms with Gasteiger partial charge in [-0.2, -0.15) is 13.2 Å². The molecule has 8 heteroatoms. The number of anilines is 2. The number of carbonyl (C=O) groups is 1.